The standard InChI is InChI=1S/C25H24FN3O5S/c1-25(2,24(33)29-20(22(30)31)14-6-4-3-5-7-14)13-16-9-11-19(35-16)23(32)34-18-10-8-15(21(27)28)12-17(18)26/h3-12,20H,13H2,1-2H3,(H3,27,28)(H,29,33)(H,30,31)/t20-/m1/s1. The van der Waals surface area contributed by atoms with E-state index in [1.165, 1.54) is 18.2 Å². The first-order valence-electron chi connectivity index (χ1n) is 10.5. The quantitative estimate of drug-likeness (QED) is 0.153. The fraction of sp³-hybridized carbons (Fsp3) is 0.200. The highest BCUT2D eigenvalue weighted by molar-refractivity contribution is 7.14. The second kappa shape index (κ2) is 10.5. The molecule has 0 aliphatic rings. The van der Waals surface area contributed by atoms with Gasteiger partial charge in [0.2, 0.25) is 5.91 Å². The van der Waals surface area contributed by atoms with Gasteiger partial charge < -0.3 is 20.9 Å². The summed E-state index contributed by atoms with van der Waals surface area (Å²) >= 11 is 1.09. The van der Waals surface area contributed by atoms with Crippen LogP contribution < -0.4 is 15.8 Å². The number of benzene rings is 2. The van der Waals surface area contributed by atoms with Crippen LogP contribution in [0.2, 0.25) is 0 Å². The van der Waals surface area contributed by atoms with Crippen molar-refractivity contribution in [2.45, 2.75) is 26.3 Å². The predicted octanol–water partition coefficient (Wildman–Crippen LogP) is 3.90. The number of nitrogens with two attached hydrogens (primary N) is 1. The zero-order chi connectivity index (χ0) is 25.8. The Kier molecular flexibility index (Phi) is 7.65. The van der Waals surface area contributed by atoms with Crippen molar-refractivity contribution in [3.05, 3.63) is 87.4 Å². The van der Waals surface area contributed by atoms with E-state index < -0.39 is 35.1 Å². The molecule has 0 fully saturated rings. The average Bonchev–Trinajstić information content (AvgIpc) is 3.26. The molecule has 0 bridgehead atoms. The fourth-order valence-electron chi connectivity index (χ4n) is 3.26. The Balaban J connectivity index is 1.68. The Labute approximate surface area is 205 Å². The second-order valence-corrected chi connectivity index (χ2v) is 9.60. The minimum Gasteiger partial charge on any atom is -0.479 e. The largest absolute Gasteiger partial charge is 0.479 e. The maximum Gasteiger partial charge on any atom is 0.353 e. The minimum atomic E-state index is -1.19. The number of thiophene rings is 1. The van der Waals surface area contributed by atoms with Crippen LogP contribution in [0.1, 0.15) is 45.6 Å². The van der Waals surface area contributed by atoms with Crippen LogP contribution >= 0.6 is 11.3 Å². The Morgan fingerprint density at radius 2 is 1.83 bits per heavy atom. The highest BCUT2D eigenvalue weighted by Gasteiger charge is 2.33. The molecule has 1 atom stereocenters. The number of carboxylic acids is 1. The number of carboxylic acid groups (broad SMARTS) is 1. The van der Waals surface area contributed by atoms with Gasteiger partial charge in [-0.05, 0) is 42.3 Å². The normalized spacial score (nSPS) is 12.0. The summed E-state index contributed by atoms with van der Waals surface area (Å²) in [5.41, 5.74) is 4.96. The molecule has 0 unspecified atom stereocenters. The van der Waals surface area contributed by atoms with Gasteiger partial charge in [0.15, 0.2) is 17.6 Å². The number of carbonyl (C=O) groups is 3. The van der Waals surface area contributed by atoms with Gasteiger partial charge in [-0.2, -0.15) is 0 Å². The van der Waals surface area contributed by atoms with Gasteiger partial charge in [-0.15, -0.1) is 11.3 Å². The first-order chi connectivity index (χ1) is 16.5. The van der Waals surface area contributed by atoms with Crippen molar-refractivity contribution < 1.29 is 28.6 Å². The summed E-state index contributed by atoms with van der Waals surface area (Å²) < 4.78 is 19.3. The molecule has 8 nitrogen and oxygen atoms in total. The van der Waals surface area contributed by atoms with Crippen molar-refractivity contribution in [3.8, 4) is 5.75 Å². The van der Waals surface area contributed by atoms with E-state index in [9.17, 15) is 23.9 Å². The number of amidine groups is 1. The molecule has 182 valence electrons. The first-order valence-corrected chi connectivity index (χ1v) is 11.3. The van der Waals surface area contributed by atoms with Crippen molar-refractivity contribution in [1.29, 1.82) is 5.41 Å². The molecule has 3 aromatic rings. The summed E-state index contributed by atoms with van der Waals surface area (Å²) in [5.74, 6) is -3.84. The molecular formula is C25H24FN3O5S. The summed E-state index contributed by atoms with van der Waals surface area (Å²) in [4.78, 5) is 38.0. The minimum absolute atomic E-state index is 0.165. The molecule has 1 aromatic heterocycles. The molecule has 10 heteroatoms. The van der Waals surface area contributed by atoms with Gasteiger partial charge in [0.1, 0.15) is 10.7 Å². The molecule has 35 heavy (non-hydrogen) atoms. The predicted molar refractivity (Wildman–Crippen MR) is 129 cm³/mol. The van der Waals surface area contributed by atoms with E-state index in [0.717, 1.165) is 17.4 Å². The summed E-state index contributed by atoms with van der Waals surface area (Å²) in [6.07, 6.45) is 0.236. The number of hydrogen-bond donors (Lipinski definition) is 4. The SMILES string of the molecule is CC(C)(Cc1ccc(C(=O)Oc2ccc(C(=N)N)cc2F)s1)C(=O)N[C@@H](C(=O)O)c1ccccc1. The highest BCUT2D eigenvalue weighted by Crippen LogP contribution is 2.29. The van der Waals surface area contributed by atoms with Crippen LogP contribution in [-0.2, 0) is 16.0 Å². The van der Waals surface area contributed by atoms with Gasteiger partial charge in [0.05, 0.1) is 0 Å². The van der Waals surface area contributed by atoms with Crippen LogP contribution in [0.4, 0.5) is 4.39 Å². The van der Waals surface area contributed by atoms with Crippen molar-refractivity contribution in [2.24, 2.45) is 11.1 Å². The zero-order valence-electron chi connectivity index (χ0n) is 19.0. The van der Waals surface area contributed by atoms with E-state index in [2.05, 4.69) is 5.32 Å². The second-order valence-electron chi connectivity index (χ2n) is 8.43. The summed E-state index contributed by atoms with van der Waals surface area (Å²) in [5, 5.41) is 19.5. The van der Waals surface area contributed by atoms with Gasteiger partial charge in [-0.3, -0.25) is 10.2 Å². The maximum absolute atomic E-state index is 14.2. The number of rotatable bonds is 9. The molecule has 0 aliphatic heterocycles. The monoisotopic (exact) mass is 497 g/mol. The van der Waals surface area contributed by atoms with Crippen LogP contribution in [0.15, 0.2) is 60.7 Å². The number of amides is 1. The Hall–Kier alpha value is -4.05. The first kappa shape index (κ1) is 25.6. The summed E-state index contributed by atoms with van der Waals surface area (Å²) in [6.45, 7) is 3.35. The van der Waals surface area contributed by atoms with Crippen LogP contribution in [-0.4, -0.2) is 28.8 Å². The van der Waals surface area contributed by atoms with E-state index >= 15 is 0 Å². The molecule has 2 aromatic carbocycles. The molecule has 3 rings (SSSR count). The molecule has 0 saturated heterocycles. The van der Waals surface area contributed by atoms with Gasteiger partial charge in [-0.25, -0.2) is 14.0 Å². The van der Waals surface area contributed by atoms with Gasteiger partial charge in [0.25, 0.3) is 0 Å². The molecule has 5 N–H and O–H groups in total. The Bertz CT molecular complexity index is 1270. The van der Waals surface area contributed by atoms with Gasteiger partial charge >= 0.3 is 11.9 Å². The van der Waals surface area contributed by atoms with Crippen molar-refractivity contribution in [2.75, 3.05) is 0 Å². The third kappa shape index (κ3) is 6.30. The zero-order valence-corrected chi connectivity index (χ0v) is 19.8. The molecule has 1 amide bonds. The Morgan fingerprint density at radius 3 is 2.43 bits per heavy atom. The lowest BCUT2D eigenvalue weighted by Crippen LogP contribution is -2.42. The van der Waals surface area contributed by atoms with Crippen LogP contribution in [0.3, 0.4) is 0 Å². The van der Waals surface area contributed by atoms with Crippen molar-refractivity contribution in [1.82, 2.24) is 5.32 Å². The number of ether oxygens (including phenoxy) is 1. The number of nitrogens with one attached hydrogen (secondary N) is 2. The van der Waals surface area contributed by atoms with E-state index in [4.69, 9.17) is 15.9 Å². The van der Waals surface area contributed by atoms with Crippen molar-refractivity contribution in [3.63, 3.8) is 0 Å². The van der Waals surface area contributed by atoms with E-state index in [1.54, 1.807) is 50.2 Å². The van der Waals surface area contributed by atoms with Crippen molar-refractivity contribution >= 4 is 35.0 Å². The number of carbonyl (C=O) groups excluding carboxylic acids is 2. The third-order valence-corrected chi connectivity index (χ3v) is 6.26. The van der Waals surface area contributed by atoms with Gasteiger partial charge in [0, 0.05) is 15.9 Å². The average molecular weight is 498 g/mol. The van der Waals surface area contributed by atoms with Gasteiger partial charge in [-0.1, -0.05) is 44.2 Å². The smallest absolute Gasteiger partial charge is 0.353 e. The number of aliphatic carboxylic acids is 1. The number of esters is 1. The van der Waals surface area contributed by atoms with Crippen LogP contribution in [0.5, 0.6) is 5.75 Å². The van der Waals surface area contributed by atoms with E-state index in [0.29, 0.717) is 10.4 Å². The topological polar surface area (TPSA) is 143 Å². The van der Waals surface area contributed by atoms with E-state index in [-0.39, 0.29) is 28.4 Å². The highest BCUT2D eigenvalue weighted by atomic mass is 32.1. The lowest BCUT2D eigenvalue weighted by atomic mass is 9.87. The number of nitrogen functional groups attached to an aromatic ring is 1. The molecule has 1 heterocycles. The lowest BCUT2D eigenvalue weighted by Gasteiger charge is -2.25. The lowest BCUT2D eigenvalue weighted by molar-refractivity contribution is -0.143. The number of halogens is 1. The van der Waals surface area contributed by atoms with Crippen LogP contribution in [0, 0.1) is 16.6 Å². The molecule has 0 radical (unpaired) electrons. The van der Waals surface area contributed by atoms with Crippen LogP contribution in [0.25, 0.3) is 0 Å². The van der Waals surface area contributed by atoms with E-state index in [1.807, 2.05) is 0 Å². The molecule has 0 spiro atoms. The summed E-state index contributed by atoms with van der Waals surface area (Å²) in [7, 11) is 0. The molecule has 0 aliphatic carbocycles. The maximum atomic E-state index is 14.2. The molecular weight excluding hydrogens is 473 g/mol. The molecule has 0 saturated carbocycles. The Morgan fingerprint density at radius 1 is 1.14 bits per heavy atom. The summed E-state index contributed by atoms with van der Waals surface area (Å²) in [6, 6.07) is 14.0. The third-order valence-electron chi connectivity index (χ3n) is 5.19. The number of hydrogen-bond acceptors (Lipinski definition) is 6. The fourth-order valence-corrected chi connectivity index (χ4v) is 4.37.